The number of anilines is 1. The number of hydrogen-bond donors (Lipinski definition) is 2. The van der Waals surface area contributed by atoms with Gasteiger partial charge in [0.2, 0.25) is 0 Å². The Labute approximate surface area is 181 Å². The van der Waals surface area contributed by atoms with E-state index in [-0.39, 0.29) is 5.91 Å². The SMILES string of the molecule is CC(Nc1ccc2ccccc2c1)C(=O)N/N=C/c1cccc(Oc2ccccc2)c1. The Morgan fingerprint density at radius 2 is 1.58 bits per heavy atom. The highest BCUT2D eigenvalue weighted by molar-refractivity contribution is 5.89. The fraction of sp³-hybridized carbons (Fsp3) is 0.0769. The third-order valence-electron chi connectivity index (χ3n) is 4.75. The number of nitrogens with one attached hydrogen (secondary N) is 2. The topological polar surface area (TPSA) is 62.7 Å². The average molecular weight is 409 g/mol. The van der Waals surface area contributed by atoms with Crippen molar-refractivity contribution in [3.63, 3.8) is 0 Å². The molecule has 0 aromatic heterocycles. The highest BCUT2D eigenvalue weighted by Gasteiger charge is 2.11. The zero-order chi connectivity index (χ0) is 21.5. The molecule has 0 fully saturated rings. The molecule has 0 heterocycles. The molecule has 5 heteroatoms. The summed E-state index contributed by atoms with van der Waals surface area (Å²) in [5.41, 5.74) is 4.29. The van der Waals surface area contributed by atoms with Crippen molar-refractivity contribution in [2.45, 2.75) is 13.0 Å². The van der Waals surface area contributed by atoms with Gasteiger partial charge in [0.15, 0.2) is 0 Å². The second kappa shape index (κ2) is 9.59. The molecule has 0 aliphatic rings. The number of para-hydroxylation sites is 1. The van der Waals surface area contributed by atoms with Gasteiger partial charge in [-0.25, -0.2) is 5.43 Å². The molecule has 0 spiro atoms. The first kappa shape index (κ1) is 20.2. The van der Waals surface area contributed by atoms with E-state index in [4.69, 9.17) is 4.74 Å². The maximum Gasteiger partial charge on any atom is 0.262 e. The summed E-state index contributed by atoms with van der Waals surface area (Å²) in [4.78, 5) is 12.4. The van der Waals surface area contributed by atoms with Crippen molar-refractivity contribution in [3.8, 4) is 11.5 Å². The minimum Gasteiger partial charge on any atom is -0.457 e. The summed E-state index contributed by atoms with van der Waals surface area (Å²) < 4.78 is 5.82. The van der Waals surface area contributed by atoms with Crippen LogP contribution >= 0.6 is 0 Å². The second-order valence-electron chi connectivity index (χ2n) is 7.15. The summed E-state index contributed by atoms with van der Waals surface area (Å²) in [6.07, 6.45) is 1.60. The Balaban J connectivity index is 1.33. The van der Waals surface area contributed by atoms with Crippen LogP contribution in [-0.4, -0.2) is 18.2 Å². The number of hydrazone groups is 1. The Morgan fingerprint density at radius 1 is 0.839 bits per heavy atom. The molecule has 1 atom stereocenters. The fourth-order valence-electron chi connectivity index (χ4n) is 3.14. The lowest BCUT2D eigenvalue weighted by atomic mass is 10.1. The van der Waals surface area contributed by atoms with Crippen molar-refractivity contribution in [2.75, 3.05) is 5.32 Å². The molecule has 2 N–H and O–H groups in total. The van der Waals surface area contributed by atoms with E-state index in [1.165, 1.54) is 0 Å². The van der Waals surface area contributed by atoms with E-state index in [0.717, 1.165) is 27.8 Å². The summed E-state index contributed by atoms with van der Waals surface area (Å²) in [5, 5.41) is 9.58. The predicted molar refractivity (Wildman–Crippen MR) is 126 cm³/mol. The van der Waals surface area contributed by atoms with Gasteiger partial charge in [0.25, 0.3) is 5.91 Å². The van der Waals surface area contributed by atoms with E-state index < -0.39 is 6.04 Å². The molecule has 0 bridgehead atoms. The Hall–Kier alpha value is -4.12. The minimum absolute atomic E-state index is 0.221. The van der Waals surface area contributed by atoms with Gasteiger partial charge in [0.05, 0.1) is 6.21 Å². The van der Waals surface area contributed by atoms with Crippen molar-refractivity contribution < 1.29 is 9.53 Å². The molecule has 1 amide bonds. The van der Waals surface area contributed by atoms with Crippen LogP contribution in [0.3, 0.4) is 0 Å². The molecular formula is C26H23N3O2. The van der Waals surface area contributed by atoms with Crippen LogP contribution in [0.1, 0.15) is 12.5 Å². The van der Waals surface area contributed by atoms with E-state index in [0.29, 0.717) is 5.75 Å². The van der Waals surface area contributed by atoms with E-state index in [2.05, 4.69) is 21.9 Å². The lowest BCUT2D eigenvalue weighted by Gasteiger charge is -2.14. The fourth-order valence-corrected chi connectivity index (χ4v) is 3.14. The van der Waals surface area contributed by atoms with Gasteiger partial charge in [-0.1, -0.05) is 60.7 Å². The summed E-state index contributed by atoms with van der Waals surface area (Å²) in [5.74, 6) is 1.24. The molecule has 1 unspecified atom stereocenters. The van der Waals surface area contributed by atoms with Crippen molar-refractivity contribution in [1.29, 1.82) is 0 Å². The smallest absolute Gasteiger partial charge is 0.262 e. The summed E-state index contributed by atoms with van der Waals surface area (Å²) in [6, 6.07) is 30.8. The normalized spacial score (nSPS) is 11.9. The summed E-state index contributed by atoms with van der Waals surface area (Å²) in [7, 11) is 0. The Kier molecular flexibility index (Phi) is 6.24. The highest BCUT2D eigenvalue weighted by Crippen LogP contribution is 2.21. The summed E-state index contributed by atoms with van der Waals surface area (Å²) in [6.45, 7) is 1.80. The molecule has 0 aliphatic heterocycles. The van der Waals surface area contributed by atoms with E-state index in [1.54, 1.807) is 13.1 Å². The van der Waals surface area contributed by atoms with Gasteiger partial charge in [-0.2, -0.15) is 5.10 Å². The molecule has 31 heavy (non-hydrogen) atoms. The number of rotatable bonds is 7. The van der Waals surface area contributed by atoms with Gasteiger partial charge in [0.1, 0.15) is 17.5 Å². The first-order valence-electron chi connectivity index (χ1n) is 10.1. The van der Waals surface area contributed by atoms with Crippen molar-refractivity contribution >= 4 is 28.6 Å². The van der Waals surface area contributed by atoms with Crippen LogP contribution in [0.5, 0.6) is 11.5 Å². The number of benzene rings is 4. The zero-order valence-electron chi connectivity index (χ0n) is 17.2. The minimum atomic E-state index is -0.439. The monoisotopic (exact) mass is 409 g/mol. The largest absolute Gasteiger partial charge is 0.457 e. The molecule has 0 saturated carbocycles. The number of amides is 1. The van der Waals surface area contributed by atoms with Crippen LogP contribution < -0.4 is 15.5 Å². The van der Waals surface area contributed by atoms with Crippen molar-refractivity contribution in [2.24, 2.45) is 5.10 Å². The molecular weight excluding hydrogens is 386 g/mol. The van der Waals surface area contributed by atoms with Crippen LogP contribution in [0, 0.1) is 0 Å². The third kappa shape index (κ3) is 5.48. The van der Waals surface area contributed by atoms with Gasteiger partial charge < -0.3 is 10.1 Å². The van der Waals surface area contributed by atoms with E-state index in [1.807, 2.05) is 91.0 Å². The van der Waals surface area contributed by atoms with Crippen LogP contribution in [0.15, 0.2) is 102 Å². The number of ether oxygens (including phenoxy) is 1. The number of hydrogen-bond acceptors (Lipinski definition) is 4. The zero-order valence-corrected chi connectivity index (χ0v) is 17.2. The molecule has 4 rings (SSSR count). The van der Waals surface area contributed by atoms with Gasteiger partial charge >= 0.3 is 0 Å². The Bertz CT molecular complexity index is 1210. The van der Waals surface area contributed by atoms with Gasteiger partial charge in [-0.05, 0) is 59.7 Å². The first-order chi connectivity index (χ1) is 15.2. The lowest BCUT2D eigenvalue weighted by Crippen LogP contribution is -2.34. The first-order valence-corrected chi connectivity index (χ1v) is 10.1. The van der Waals surface area contributed by atoms with Gasteiger partial charge in [0, 0.05) is 5.69 Å². The number of carbonyl (C=O) groups is 1. The maximum atomic E-state index is 12.4. The molecule has 5 nitrogen and oxygen atoms in total. The maximum absolute atomic E-state index is 12.4. The average Bonchev–Trinajstić information content (AvgIpc) is 2.80. The van der Waals surface area contributed by atoms with Crippen LogP contribution in [0.4, 0.5) is 5.69 Å². The highest BCUT2D eigenvalue weighted by atomic mass is 16.5. The standard InChI is InChI=1S/C26H23N3O2/c1-19(28-23-15-14-21-9-5-6-10-22(21)17-23)26(30)29-27-18-20-8-7-13-25(16-20)31-24-11-3-2-4-12-24/h2-19,28H,1H3,(H,29,30)/b27-18+. The van der Waals surface area contributed by atoms with Crippen LogP contribution in [0.25, 0.3) is 10.8 Å². The molecule has 4 aromatic rings. The third-order valence-corrected chi connectivity index (χ3v) is 4.75. The van der Waals surface area contributed by atoms with Gasteiger partial charge in [-0.15, -0.1) is 0 Å². The number of nitrogens with zero attached hydrogens (tertiary/aromatic N) is 1. The second-order valence-corrected chi connectivity index (χ2v) is 7.15. The Morgan fingerprint density at radius 3 is 2.42 bits per heavy atom. The molecule has 0 aliphatic carbocycles. The molecule has 4 aromatic carbocycles. The molecule has 0 saturated heterocycles. The van der Waals surface area contributed by atoms with E-state index >= 15 is 0 Å². The quantitative estimate of drug-likeness (QED) is 0.309. The lowest BCUT2D eigenvalue weighted by molar-refractivity contribution is -0.121. The predicted octanol–water partition coefficient (Wildman–Crippen LogP) is 5.58. The van der Waals surface area contributed by atoms with Crippen molar-refractivity contribution in [3.05, 3.63) is 103 Å². The van der Waals surface area contributed by atoms with Crippen LogP contribution in [-0.2, 0) is 4.79 Å². The van der Waals surface area contributed by atoms with E-state index in [9.17, 15) is 4.79 Å². The molecule has 0 radical (unpaired) electrons. The number of fused-ring (bicyclic) bond motifs is 1. The summed E-state index contributed by atoms with van der Waals surface area (Å²) >= 11 is 0. The van der Waals surface area contributed by atoms with Crippen molar-refractivity contribution in [1.82, 2.24) is 5.43 Å². The van der Waals surface area contributed by atoms with Gasteiger partial charge in [-0.3, -0.25) is 4.79 Å². The van der Waals surface area contributed by atoms with Crippen LogP contribution in [0.2, 0.25) is 0 Å². The number of carbonyl (C=O) groups excluding carboxylic acids is 1. The molecule has 154 valence electrons.